The number of piperazine rings is 1. The maximum atomic E-state index is 12.3. The van der Waals surface area contributed by atoms with E-state index in [1.807, 2.05) is 11.0 Å². The van der Waals surface area contributed by atoms with Gasteiger partial charge in [-0.05, 0) is 12.1 Å². The molecule has 6 heteroatoms. The maximum Gasteiger partial charge on any atom is 0.264 e. The van der Waals surface area contributed by atoms with Gasteiger partial charge in [-0.1, -0.05) is 11.8 Å². The number of carbonyl (C=O) groups excluding carboxylic acids is 1. The lowest BCUT2D eigenvalue weighted by Gasteiger charge is -2.34. The molecule has 1 saturated heterocycles. The molecule has 1 aliphatic rings. The van der Waals surface area contributed by atoms with Gasteiger partial charge >= 0.3 is 0 Å². The topological polar surface area (TPSA) is 64.0 Å². The van der Waals surface area contributed by atoms with E-state index in [4.69, 9.17) is 10.2 Å². The Morgan fingerprint density at radius 1 is 1.25 bits per heavy atom. The van der Waals surface area contributed by atoms with Crippen LogP contribution in [0.5, 0.6) is 0 Å². The first-order valence-corrected chi connectivity index (χ1v) is 7.38. The van der Waals surface area contributed by atoms with Gasteiger partial charge in [0.15, 0.2) is 0 Å². The predicted octanol–water partition coefficient (Wildman–Crippen LogP) is -0.158. The molecule has 0 atom stereocenters. The summed E-state index contributed by atoms with van der Waals surface area (Å²) in [6, 6.07) is 3.59. The Morgan fingerprint density at radius 2 is 2.00 bits per heavy atom. The van der Waals surface area contributed by atoms with Crippen LogP contribution in [0.1, 0.15) is 14.5 Å². The second-order valence-electron chi connectivity index (χ2n) is 4.48. The lowest BCUT2D eigenvalue weighted by Crippen LogP contribution is -2.49. The molecule has 1 aromatic heterocycles. The summed E-state index contributed by atoms with van der Waals surface area (Å²) < 4.78 is 0. The van der Waals surface area contributed by atoms with E-state index in [1.165, 1.54) is 11.3 Å². The van der Waals surface area contributed by atoms with Gasteiger partial charge in [0.05, 0.1) is 16.4 Å². The number of carbonyl (C=O) groups is 1. The quantitative estimate of drug-likeness (QED) is 0.761. The number of thiophene rings is 1. The minimum Gasteiger partial charge on any atom is -0.395 e. The number of aliphatic hydroxyl groups excluding tert-OH is 2. The molecule has 1 amide bonds. The zero-order valence-corrected chi connectivity index (χ0v) is 12.0. The second-order valence-corrected chi connectivity index (χ2v) is 5.57. The average molecular weight is 294 g/mol. The van der Waals surface area contributed by atoms with Crippen molar-refractivity contribution in [2.75, 3.05) is 45.9 Å². The highest BCUT2D eigenvalue weighted by molar-refractivity contribution is 7.14. The molecule has 1 aromatic rings. The van der Waals surface area contributed by atoms with Gasteiger partial charge in [0.25, 0.3) is 5.91 Å². The van der Waals surface area contributed by atoms with Crippen LogP contribution in [0.2, 0.25) is 0 Å². The summed E-state index contributed by atoms with van der Waals surface area (Å²) >= 11 is 1.36. The van der Waals surface area contributed by atoms with Gasteiger partial charge in [0, 0.05) is 32.7 Å². The minimum absolute atomic E-state index is 0.0377. The molecule has 1 aliphatic heterocycles. The standard InChI is InChI=1S/C14H18N2O3S/c17-10-1-2-12-3-4-13(20-12)14(19)16-7-5-15(6-8-16)9-11-18/h3-4,17-18H,5-11H2. The zero-order valence-electron chi connectivity index (χ0n) is 11.2. The molecular formula is C14H18N2O3S. The van der Waals surface area contributed by atoms with Crippen LogP contribution in [-0.2, 0) is 0 Å². The predicted molar refractivity (Wildman–Crippen MR) is 77.7 cm³/mol. The fourth-order valence-electron chi connectivity index (χ4n) is 2.12. The lowest BCUT2D eigenvalue weighted by atomic mass is 10.3. The van der Waals surface area contributed by atoms with Crippen LogP contribution < -0.4 is 0 Å². The first-order chi connectivity index (χ1) is 9.74. The molecule has 2 N–H and O–H groups in total. The van der Waals surface area contributed by atoms with Crippen LogP contribution in [0.4, 0.5) is 0 Å². The fourth-order valence-corrected chi connectivity index (χ4v) is 2.97. The van der Waals surface area contributed by atoms with E-state index in [-0.39, 0.29) is 19.1 Å². The fraction of sp³-hybridized carbons (Fsp3) is 0.500. The summed E-state index contributed by atoms with van der Waals surface area (Å²) in [5, 5.41) is 17.5. The second kappa shape index (κ2) is 7.41. The van der Waals surface area contributed by atoms with E-state index in [2.05, 4.69) is 16.7 Å². The van der Waals surface area contributed by atoms with Crippen LogP contribution in [0.3, 0.4) is 0 Å². The molecular weight excluding hydrogens is 276 g/mol. The van der Waals surface area contributed by atoms with Crippen molar-refractivity contribution in [1.29, 1.82) is 0 Å². The summed E-state index contributed by atoms with van der Waals surface area (Å²) in [5.74, 6) is 5.42. The number of β-amino-alcohol motifs (C(OH)–C–C–N with tert-alkyl or cyclic N) is 1. The minimum atomic E-state index is -0.173. The van der Waals surface area contributed by atoms with Crippen molar-refractivity contribution in [2.24, 2.45) is 0 Å². The number of hydrogen-bond donors (Lipinski definition) is 2. The van der Waals surface area contributed by atoms with Gasteiger partial charge in [-0.25, -0.2) is 0 Å². The van der Waals surface area contributed by atoms with Gasteiger partial charge < -0.3 is 15.1 Å². The smallest absolute Gasteiger partial charge is 0.264 e. The molecule has 1 fully saturated rings. The van der Waals surface area contributed by atoms with E-state index in [0.29, 0.717) is 24.5 Å². The summed E-state index contributed by atoms with van der Waals surface area (Å²) in [6.45, 7) is 3.63. The van der Waals surface area contributed by atoms with Crippen molar-refractivity contribution in [2.45, 2.75) is 0 Å². The van der Waals surface area contributed by atoms with Crippen LogP contribution in [-0.4, -0.2) is 71.9 Å². The lowest BCUT2D eigenvalue weighted by molar-refractivity contribution is 0.0619. The summed E-state index contributed by atoms with van der Waals surface area (Å²) in [5.41, 5.74) is 0. The molecule has 2 rings (SSSR count). The summed E-state index contributed by atoms with van der Waals surface area (Å²) in [7, 11) is 0. The number of rotatable bonds is 3. The Balaban J connectivity index is 1.93. The summed E-state index contributed by atoms with van der Waals surface area (Å²) in [6.07, 6.45) is 0. The van der Waals surface area contributed by atoms with E-state index in [1.54, 1.807) is 6.07 Å². The average Bonchev–Trinajstić information content (AvgIpc) is 2.94. The van der Waals surface area contributed by atoms with Crippen LogP contribution in [0.25, 0.3) is 0 Å². The highest BCUT2D eigenvalue weighted by Gasteiger charge is 2.22. The van der Waals surface area contributed by atoms with Gasteiger partial charge in [-0.3, -0.25) is 9.69 Å². The molecule has 2 heterocycles. The number of amides is 1. The van der Waals surface area contributed by atoms with E-state index in [9.17, 15) is 4.79 Å². The molecule has 5 nitrogen and oxygen atoms in total. The molecule has 0 spiro atoms. The first kappa shape index (κ1) is 15.0. The van der Waals surface area contributed by atoms with Crippen molar-refractivity contribution in [1.82, 2.24) is 9.80 Å². The van der Waals surface area contributed by atoms with E-state index >= 15 is 0 Å². The number of hydrogen-bond acceptors (Lipinski definition) is 5. The largest absolute Gasteiger partial charge is 0.395 e. The third-order valence-electron chi connectivity index (χ3n) is 3.18. The molecule has 20 heavy (non-hydrogen) atoms. The van der Waals surface area contributed by atoms with Crippen molar-refractivity contribution in [3.05, 3.63) is 21.9 Å². The summed E-state index contributed by atoms with van der Waals surface area (Å²) in [4.78, 5) is 17.8. The number of nitrogens with zero attached hydrogens (tertiary/aromatic N) is 2. The Bertz CT molecular complexity index is 510. The van der Waals surface area contributed by atoms with Crippen LogP contribution in [0, 0.1) is 11.8 Å². The van der Waals surface area contributed by atoms with E-state index in [0.717, 1.165) is 18.0 Å². The van der Waals surface area contributed by atoms with Gasteiger partial charge in [-0.2, -0.15) is 0 Å². The van der Waals surface area contributed by atoms with Gasteiger partial charge in [0.2, 0.25) is 0 Å². The Labute approximate surface area is 122 Å². The molecule has 0 radical (unpaired) electrons. The SMILES string of the molecule is O=C(c1ccc(C#CCO)s1)N1CCN(CCO)CC1. The van der Waals surface area contributed by atoms with Crippen molar-refractivity contribution >= 4 is 17.2 Å². The molecule has 0 aromatic carbocycles. The Hall–Kier alpha value is -1.39. The normalized spacial score (nSPS) is 15.8. The van der Waals surface area contributed by atoms with E-state index < -0.39 is 0 Å². The van der Waals surface area contributed by atoms with Crippen molar-refractivity contribution < 1.29 is 15.0 Å². The Morgan fingerprint density at radius 3 is 2.65 bits per heavy atom. The molecule has 0 bridgehead atoms. The van der Waals surface area contributed by atoms with Gasteiger partial charge in [-0.15, -0.1) is 11.3 Å². The third kappa shape index (κ3) is 3.81. The molecule has 0 saturated carbocycles. The zero-order chi connectivity index (χ0) is 14.4. The first-order valence-electron chi connectivity index (χ1n) is 6.56. The highest BCUT2D eigenvalue weighted by atomic mass is 32.1. The highest BCUT2D eigenvalue weighted by Crippen LogP contribution is 2.18. The monoisotopic (exact) mass is 294 g/mol. The third-order valence-corrected chi connectivity index (χ3v) is 4.17. The van der Waals surface area contributed by atoms with Crippen molar-refractivity contribution in [3.8, 4) is 11.8 Å². The Kier molecular flexibility index (Phi) is 5.56. The van der Waals surface area contributed by atoms with Gasteiger partial charge in [0.1, 0.15) is 6.61 Å². The van der Waals surface area contributed by atoms with Crippen LogP contribution >= 0.6 is 11.3 Å². The maximum absolute atomic E-state index is 12.3. The molecule has 108 valence electrons. The number of aliphatic hydroxyl groups is 2. The molecule has 0 unspecified atom stereocenters. The van der Waals surface area contributed by atoms with Crippen molar-refractivity contribution in [3.63, 3.8) is 0 Å². The van der Waals surface area contributed by atoms with Crippen LogP contribution in [0.15, 0.2) is 12.1 Å². The molecule has 0 aliphatic carbocycles.